The van der Waals surface area contributed by atoms with Crippen molar-refractivity contribution in [2.24, 2.45) is 0 Å². The number of aromatic nitrogens is 2. The second kappa shape index (κ2) is 5.63. The summed E-state index contributed by atoms with van der Waals surface area (Å²) in [4.78, 5) is 7.38. The van der Waals surface area contributed by atoms with Gasteiger partial charge in [-0.25, -0.2) is 4.98 Å². The molecule has 4 nitrogen and oxygen atoms in total. The van der Waals surface area contributed by atoms with Gasteiger partial charge in [0.05, 0.1) is 18.3 Å². The van der Waals surface area contributed by atoms with Crippen molar-refractivity contribution in [3.8, 4) is 0 Å². The predicted molar refractivity (Wildman–Crippen MR) is 75.3 cm³/mol. The number of rotatable bonds is 4. The quantitative estimate of drug-likeness (QED) is 0.900. The lowest BCUT2D eigenvalue weighted by Crippen LogP contribution is -2.30. The van der Waals surface area contributed by atoms with Gasteiger partial charge in [0.2, 0.25) is 0 Å². The number of imidazole rings is 1. The summed E-state index contributed by atoms with van der Waals surface area (Å²) in [5.74, 6) is 1.18. The maximum atomic E-state index is 9.45. The molecular weight excluding hydrogens is 238 g/mol. The molecule has 19 heavy (non-hydrogen) atoms. The minimum Gasteiger partial charge on any atom is -0.394 e. The Morgan fingerprint density at radius 3 is 2.95 bits per heavy atom. The van der Waals surface area contributed by atoms with E-state index in [1.54, 1.807) is 0 Å². The molecule has 1 aromatic rings. The lowest BCUT2D eigenvalue weighted by molar-refractivity contribution is 0.206. The fourth-order valence-corrected chi connectivity index (χ4v) is 3.69. The Kier molecular flexibility index (Phi) is 3.89. The van der Waals surface area contributed by atoms with Crippen LogP contribution in [0.5, 0.6) is 0 Å². The topological polar surface area (TPSA) is 41.3 Å². The van der Waals surface area contributed by atoms with Gasteiger partial charge in [-0.05, 0) is 38.8 Å². The summed E-state index contributed by atoms with van der Waals surface area (Å²) in [5, 5.41) is 9.45. The standard InChI is InChI=1S/C15H25N3O/c1-2-17-8-4-6-13(17)9-12-10-18-14(11-19)5-3-7-15(18)16-12/h10,13-14,19H,2-9,11H2,1H3. The van der Waals surface area contributed by atoms with Gasteiger partial charge >= 0.3 is 0 Å². The summed E-state index contributed by atoms with van der Waals surface area (Å²) in [5.41, 5.74) is 1.22. The van der Waals surface area contributed by atoms with E-state index in [1.807, 2.05) is 0 Å². The zero-order valence-electron chi connectivity index (χ0n) is 11.9. The molecule has 0 spiro atoms. The molecule has 0 bridgehead atoms. The van der Waals surface area contributed by atoms with Crippen LogP contribution in [0.3, 0.4) is 0 Å². The molecule has 0 aromatic carbocycles. The normalized spacial score (nSPS) is 27.7. The van der Waals surface area contributed by atoms with Crippen LogP contribution in [0.2, 0.25) is 0 Å². The molecule has 3 rings (SSSR count). The van der Waals surface area contributed by atoms with Crippen molar-refractivity contribution in [2.75, 3.05) is 19.7 Å². The van der Waals surface area contributed by atoms with Gasteiger partial charge < -0.3 is 14.6 Å². The van der Waals surface area contributed by atoms with Crippen LogP contribution in [-0.4, -0.2) is 45.3 Å². The van der Waals surface area contributed by atoms with Gasteiger partial charge in [0.25, 0.3) is 0 Å². The van der Waals surface area contributed by atoms with Crippen LogP contribution in [0, 0.1) is 0 Å². The van der Waals surface area contributed by atoms with Crippen LogP contribution < -0.4 is 0 Å². The Hall–Kier alpha value is -0.870. The summed E-state index contributed by atoms with van der Waals surface area (Å²) >= 11 is 0. The Balaban J connectivity index is 1.74. The smallest absolute Gasteiger partial charge is 0.109 e. The molecule has 2 aliphatic heterocycles. The van der Waals surface area contributed by atoms with E-state index in [4.69, 9.17) is 4.98 Å². The van der Waals surface area contributed by atoms with E-state index in [9.17, 15) is 5.11 Å². The van der Waals surface area contributed by atoms with Crippen molar-refractivity contribution in [2.45, 2.75) is 57.5 Å². The summed E-state index contributed by atoms with van der Waals surface area (Å²) in [7, 11) is 0. The van der Waals surface area contributed by atoms with Crippen molar-refractivity contribution < 1.29 is 5.11 Å². The average molecular weight is 263 g/mol. The lowest BCUT2D eigenvalue weighted by Gasteiger charge is -2.23. The Labute approximate surface area is 115 Å². The molecule has 0 amide bonds. The van der Waals surface area contributed by atoms with Crippen molar-refractivity contribution in [1.82, 2.24) is 14.5 Å². The first-order valence-electron chi connectivity index (χ1n) is 7.73. The third-order valence-electron chi connectivity index (χ3n) is 4.75. The minimum absolute atomic E-state index is 0.243. The third-order valence-corrected chi connectivity index (χ3v) is 4.75. The molecule has 106 valence electrons. The number of likely N-dealkylation sites (N-methyl/N-ethyl adjacent to an activating group) is 1. The van der Waals surface area contributed by atoms with Crippen LogP contribution in [0.1, 0.15) is 50.2 Å². The largest absolute Gasteiger partial charge is 0.394 e. The molecule has 2 unspecified atom stereocenters. The van der Waals surface area contributed by atoms with E-state index in [1.165, 1.54) is 30.9 Å². The van der Waals surface area contributed by atoms with Gasteiger partial charge in [-0.2, -0.15) is 0 Å². The highest BCUT2D eigenvalue weighted by atomic mass is 16.3. The molecule has 1 fully saturated rings. The van der Waals surface area contributed by atoms with Crippen LogP contribution in [-0.2, 0) is 12.8 Å². The molecule has 1 aromatic heterocycles. The number of hydrogen-bond donors (Lipinski definition) is 1. The summed E-state index contributed by atoms with van der Waals surface area (Å²) in [6.07, 6.45) is 9.22. The number of aliphatic hydroxyl groups excluding tert-OH is 1. The van der Waals surface area contributed by atoms with E-state index >= 15 is 0 Å². The monoisotopic (exact) mass is 263 g/mol. The van der Waals surface area contributed by atoms with Crippen molar-refractivity contribution in [3.05, 3.63) is 17.7 Å². The highest BCUT2D eigenvalue weighted by Gasteiger charge is 2.26. The lowest BCUT2D eigenvalue weighted by atomic mass is 10.1. The fourth-order valence-electron chi connectivity index (χ4n) is 3.69. The van der Waals surface area contributed by atoms with E-state index < -0.39 is 0 Å². The third kappa shape index (κ3) is 2.56. The van der Waals surface area contributed by atoms with E-state index in [0.29, 0.717) is 6.04 Å². The number of nitrogens with zero attached hydrogens (tertiary/aromatic N) is 3. The second-order valence-electron chi connectivity index (χ2n) is 5.91. The van der Waals surface area contributed by atoms with Gasteiger partial charge in [-0.15, -0.1) is 0 Å². The van der Waals surface area contributed by atoms with Crippen molar-refractivity contribution >= 4 is 0 Å². The first kappa shape index (κ1) is 13.1. The molecular formula is C15H25N3O. The number of hydrogen-bond acceptors (Lipinski definition) is 3. The first-order valence-corrected chi connectivity index (χ1v) is 7.73. The van der Waals surface area contributed by atoms with Crippen LogP contribution >= 0.6 is 0 Å². The average Bonchev–Trinajstić information content (AvgIpc) is 3.04. The summed E-state index contributed by atoms with van der Waals surface area (Å²) in [6.45, 7) is 4.89. The van der Waals surface area contributed by atoms with E-state index in [-0.39, 0.29) is 12.6 Å². The van der Waals surface area contributed by atoms with E-state index in [0.717, 1.165) is 32.2 Å². The molecule has 2 atom stereocenters. The fraction of sp³-hybridized carbons (Fsp3) is 0.800. The molecule has 3 heterocycles. The summed E-state index contributed by atoms with van der Waals surface area (Å²) in [6, 6.07) is 0.936. The van der Waals surface area contributed by atoms with Gasteiger partial charge in [0.1, 0.15) is 5.82 Å². The minimum atomic E-state index is 0.243. The second-order valence-corrected chi connectivity index (χ2v) is 5.91. The van der Waals surface area contributed by atoms with E-state index in [2.05, 4.69) is 22.6 Å². The first-order chi connectivity index (χ1) is 9.31. The molecule has 1 saturated heterocycles. The maximum Gasteiger partial charge on any atom is 0.109 e. The van der Waals surface area contributed by atoms with Gasteiger partial charge in [-0.1, -0.05) is 6.92 Å². The van der Waals surface area contributed by atoms with Crippen molar-refractivity contribution in [3.63, 3.8) is 0 Å². The molecule has 0 radical (unpaired) electrons. The van der Waals surface area contributed by atoms with Crippen molar-refractivity contribution in [1.29, 1.82) is 0 Å². The predicted octanol–water partition coefficient (Wildman–Crippen LogP) is 1.78. The Morgan fingerprint density at radius 2 is 2.16 bits per heavy atom. The Bertz CT molecular complexity index is 429. The summed E-state index contributed by atoms with van der Waals surface area (Å²) < 4.78 is 2.23. The highest BCUT2D eigenvalue weighted by molar-refractivity contribution is 5.10. The number of aliphatic hydroxyl groups is 1. The molecule has 0 saturated carbocycles. The number of aryl methyl sites for hydroxylation is 1. The zero-order chi connectivity index (χ0) is 13.2. The molecule has 2 aliphatic rings. The molecule has 0 aliphatic carbocycles. The highest BCUT2D eigenvalue weighted by Crippen LogP contribution is 2.26. The van der Waals surface area contributed by atoms with Crippen LogP contribution in [0.15, 0.2) is 6.20 Å². The number of likely N-dealkylation sites (tertiary alicyclic amines) is 1. The maximum absolute atomic E-state index is 9.45. The SMILES string of the molecule is CCN1CCCC1Cc1cn2c(n1)CCCC2CO. The Morgan fingerprint density at radius 1 is 1.32 bits per heavy atom. The molecule has 4 heteroatoms. The van der Waals surface area contributed by atoms with Gasteiger partial charge in [0, 0.05) is 25.1 Å². The van der Waals surface area contributed by atoms with Crippen LogP contribution in [0.4, 0.5) is 0 Å². The number of fused-ring (bicyclic) bond motifs is 1. The van der Waals surface area contributed by atoms with Gasteiger partial charge in [0.15, 0.2) is 0 Å². The van der Waals surface area contributed by atoms with Gasteiger partial charge in [-0.3, -0.25) is 0 Å². The zero-order valence-corrected chi connectivity index (χ0v) is 11.9. The van der Waals surface area contributed by atoms with Crippen LogP contribution in [0.25, 0.3) is 0 Å². The molecule has 1 N–H and O–H groups in total.